The number of nitrogens with two attached hydrogens (primary N) is 1. The molecule has 0 aliphatic heterocycles. The van der Waals surface area contributed by atoms with Crippen LogP contribution in [0.4, 0.5) is 10.1 Å². The van der Waals surface area contributed by atoms with Crippen molar-refractivity contribution in [2.45, 2.75) is 32.2 Å². The Bertz CT molecular complexity index is 477. The standard InChI is InChI=1S/C13H17FN2O3/c1-2-4-8(15)7-11(17)16-10-6-3-5-9(14)12(10)13(18)19/h3,5-6,8H,2,4,7,15H2,1H3,(H,16,17)(H,18,19). The van der Waals surface area contributed by atoms with Crippen molar-refractivity contribution < 1.29 is 19.1 Å². The van der Waals surface area contributed by atoms with E-state index in [9.17, 15) is 14.0 Å². The second kappa shape index (κ2) is 6.84. The number of aromatic carboxylic acids is 1. The van der Waals surface area contributed by atoms with Gasteiger partial charge in [0.25, 0.3) is 0 Å². The second-order valence-corrected chi connectivity index (χ2v) is 4.27. The Balaban J connectivity index is 2.80. The normalized spacial score (nSPS) is 11.9. The maximum absolute atomic E-state index is 13.4. The Morgan fingerprint density at radius 2 is 2.16 bits per heavy atom. The number of anilines is 1. The summed E-state index contributed by atoms with van der Waals surface area (Å²) < 4.78 is 13.4. The van der Waals surface area contributed by atoms with Gasteiger partial charge >= 0.3 is 5.97 Å². The van der Waals surface area contributed by atoms with E-state index in [1.54, 1.807) is 0 Å². The highest BCUT2D eigenvalue weighted by Gasteiger charge is 2.18. The van der Waals surface area contributed by atoms with Crippen LogP contribution in [-0.4, -0.2) is 23.0 Å². The Morgan fingerprint density at radius 3 is 2.74 bits per heavy atom. The number of benzene rings is 1. The SMILES string of the molecule is CCCC(N)CC(=O)Nc1cccc(F)c1C(=O)O. The van der Waals surface area contributed by atoms with Gasteiger partial charge in [0, 0.05) is 12.5 Å². The number of carboxylic acids is 1. The lowest BCUT2D eigenvalue weighted by Gasteiger charge is -2.12. The fraction of sp³-hybridized carbons (Fsp3) is 0.385. The lowest BCUT2D eigenvalue weighted by molar-refractivity contribution is -0.116. The molecule has 0 spiro atoms. The predicted molar refractivity (Wildman–Crippen MR) is 69.5 cm³/mol. The van der Waals surface area contributed by atoms with Crippen molar-refractivity contribution in [1.82, 2.24) is 0 Å². The van der Waals surface area contributed by atoms with Crippen molar-refractivity contribution in [2.24, 2.45) is 5.73 Å². The summed E-state index contributed by atoms with van der Waals surface area (Å²) in [5.41, 5.74) is 5.12. The first-order chi connectivity index (χ1) is 8.95. The van der Waals surface area contributed by atoms with E-state index in [0.29, 0.717) is 6.42 Å². The Kier molecular flexibility index (Phi) is 5.44. The number of halogens is 1. The number of nitrogens with one attached hydrogen (secondary N) is 1. The van der Waals surface area contributed by atoms with Crippen LogP contribution in [0.15, 0.2) is 18.2 Å². The van der Waals surface area contributed by atoms with Crippen LogP contribution in [0, 0.1) is 5.82 Å². The van der Waals surface area contributed by atoms with E-state index in [-0.39, 0.29) is 18.2 Å². The Morgan fingerprint density at radius 1 is 1.47 bits per heavy atom. The molecular formula is C13H17FN2O3. The van der Waals surface area contributed by atoms with Crippen molar-refractivity contribution in [3.63, 3.8) is 0 Å². The summed E-state index contributed by atoms with van der Waals surface area (Å²) in [5, 5.41) is 11.3. The molecule has 1 atom stereocenters. The first-order valence-electron chi connectivity index (χ1n) is 6.03. The highest BCUT2D eigenvalue weighted by atomic mass is 19.1. The first-order valence-corrected chi connectivity index (χ1v) is 6.03. The second-order valence-electron chi connectivity index (χ2n) is 4.27. The van der Waals surface area contributed by atoms with Gasteiger partial charge in [0.05, 0.1) is 5.69 Å². The molecule has 6 heteroatoms. The van der Waals surface area contributed by atoms with Gasteiger partial charge in [0.15, 0.2) is 0 Å². The van der Waals surface area contributed by atoms with Crippen molar-refractivity contribution in [3.05, 3.63) is 29.6 Å². The average Bonchev–Trinajstić information content (AvgIpc) is 2.28. The molecule has 0 aliphatic carbocycles. The molecule has 0 heterocycles. The minimum Gasteiger partial charge on any atom is -0.478 e. The maximum Gasteiger partial charge on any atom is 0.340 e. The van der Waals surface area contributed by atoms with E-state index in [1.807, 2.05) is 6.92 Å². The summed E-state index contributed by atoms with van der Waals surface area (Å²) in [6.07, 6.45) is 1.63. The van der Waals surface area contributed by atoms with Crippen LogP contribution in [0.1, 0.15) is 36.5 Å². The molecule has 0 saturated heterocycles. The minimum absolute atomic E-state index is 0.0544. The number of carbonyl (C=O) groups is 2. The van der Waals surface area contributed by atoms with Gasteiger partial charge in [0.2, 0.25) is 5.91 Å². The summed E-state index contributed by atoms with van der Waals surface area (Å²) in [6, 6.07) is 3.42. The van der Waals surface area contributed by atoms with E-state index in [2.05, 4.69) is 5.32 Å². The molecule has 1 aromatic carbocycles. The van der Waals surface area contributed by atoms with Crippen LogP contribution in [0.2, 0.25) is 0 Å². The fourth-order valence-corrected chi connectivity index (χ4v) is 1.76. The molecule has 0 radical (unpaired) electrons. The van der Waals surface area contributed by atoms with Crippen LogP contribution in [-0.2, 0) is 4.79 Å². The number of rotatable bonds is 6. The summed E-state index contributed by atoms with van der Waals surface area (Å²) in [4.78, 5) is 22.6. The van der Waals surface area contributed by atoms with Gasteiger partial charge in [-0.05, 0) is 18.6 Å². The molecule has 19 heavy (non-hydrogen) atoms. The number of carboxylic acid groups (broad SMARTS) is 1. The zero-order valence-electron chi connectivity index (χ0n) is 10.6. The van der Waals surface area contributed by atoms with Gasteiger partial charge in [-0.3, -0.25) is 4.79 Å². The molecule has 1 rings (SSSR count). The third-order valence-electron chi connectivity index (χ3n) is 2.61. The fourth-order valence-electron chi connectivity index (χ4n) is 1.76. The minimum atomic E-state index is -1.42. The van der Waals surface area contributed by atoms with Crippen molar-refractivity contribution >= 4 is 17.6 Å². The lowest BCUT2D eigenvalue weighted by atomic mass is 10.1. The highest BCUT2D eigenvalue weighted by molar-refractivity contribution is 6.00. The molecule has 1 aromatic rings. The lowest BCUT2D eigenvalue weighted by Crippen LogP contribution is -2.27. The third-order valence-corrected chi connectivity index (χ3v) is 2.61. The van der Waals surface area contributed by atoms with E-state index in [4.69, 9.17) is 10.8 Å². The van der Waals surface area contributed by atoms with Crippen LogP contribution in [0.3, 0.4) is 0 Å². The Hall–Kier alpha value is -1.95. The van der Waals surface area contributed by atoms with Crippen molar-refractivity contribution in [3.8, 4) is 0 Å². The molecule has 0 bridgehead atoms. The zero-order valence-corrected chi connectivity index (χ0v) is 10.6. The number of amides is 1. The number of carbonyl (C=O) groups excluding carboxylic acids is 1. The molecule has 1 unspecified atom stereocenters. The topological polar surface area (TPSA) is 92.4 Å². The maximum atomic E-state index is 13.4. The smallest absolute Gasteiger partial charge is 0.340 e. The largest absolute Gasteiger partial charge is 0.478 e. The number of hydrogen-bond acceptors (Lipinski definition) is 3. The van der Waals surface area contributed by atoms with Crippen LogP contribution in [0.5, 0.6) is 0 Å². The molecule has 5 nitrogen and oxygen atoms in total. The molecule has 0 fully saturated rings. The summed E-state index contributed by atoms with van der Waals surface area (Å²) in [7, 11) is 0. The van der Waals surface area contributed by atoms with Gasteiger partial charge in [-0.25, -0.2) is 9.18 Å². The van der Waals surface area contributed by atoms with Crippen molar-refractivity contribution in [1.29, 1.82) is 0 Å². The quantitative estimate of drug-likeness (QED) is 0.735. The van der Waals surface area contributed by atoms with E-state index < -0.39 is 23.3 Å². The van der Waals surface area contributed by atoms with Crippen LogP contribution < -0.4 is 11.1 Å². The van der Waals surface area contributed by atoms with E-state index in [0.717, 1.165) is 12.5 Å². The Labute approximate surface area is 110 Å². The molecule has 0 saturated carbocycles. The van der Waals surface area contributed by atoms with Crippen LogP contribution in [0.25, 0.3) is 0 Å². The first kappa shape index (κ1) is 15.1. The van der Waals surface area contributed by atoms with Crippen molar-refractivity contribution in [2.75, 3.05) is 5.32 Å². The predicted octanol–water partition coefficient (Wildman–Crippen LogP) is 1.98. The zero-order chi connectivity index (χ0) is 14.4. The molecule has 1 amide bonds. The van der Waals surface area contributed by atoms with E-state index >= 15 is 0 Å². The molecule has 0 aromatic heterocycles. The van der Waals surface area contributed by atoms with Gasteiger partial charge < -0.3 is 16.2 Å². The number of hydrogen-bond donors (Lipinski definition) is 3. The summed E-state index contributed by atoms with van der Waals surface area (Å²) in [6.45, 7) is 1.95. The highest BCUT2D eigenvalue weighted by Crippen LogP contribution is 2.19. The summed E-state index contributed by atoms with van der Waals surface area (Å²) in [5.74, 6) is -2.73. The van der Waals surface area contributed by atoms with Gasteiger partial charge in [-0.1, -0.05) is 19.4 Å². The van der Waals surface area contributed by atoms with E-state index in [1.165, 1.54) is 12.1 Å². The molecular weight excluding hydrogens is 251 g/mol. The monoisotopic (exact) mass is 268 g/mol. The average molecular weight is 268 g/mol. The molecule has 104 valence electrons. The summed E-state index contributed by atoms with van der Waals surface area (Å²) >= 11 is 0. The van der Waals surface area contributed by atoms with Gasteiger partial charge in [0.1, 0.15) is 11.4 Å². The third kappa shape index (κ3) is 4.33. The van der Waals surface area contributed by atoms with Gasteiger partial charge in [-0.15, -0.1) is 0 Å². The molecule has 4 N–H and O–H groups in total. The van der Waals surface area contributed by atoms with Crippen LogP contribution >= 0.6 is 0 Å². The van der Waals surface area contributed by atoms with Gasteiger partial charge in [-0.2, -0.15) is 0 Å². The molecule has 0 aliphatic rings.